The van der Waals surface area contributed by atoms with Gasteiger partial charge in [0.1, 0.15) is 5.58 Å². The lowest BCUT2D eigenvalue weighted by Gasteiger charge is -2.12. The Kier molecular flexibility index (Phi) is 2.57. The molecule has 1 aliphatic heterocycles. The van der Waals surface area contributed by atoms with Crippen LogP contribution in [0.5, 0.6) is 0 Å². The van der Waals surface area contributed by atoms with Crippen molar-refractivity contribution in [2.75, 3.05) is 6.54 Å². The lowest BCUT2D eigenvalue weighted by atomic mass is 9.99. The number of nitrogens with one attached hydrogen (secondary N) is 1. The highest BCUT2D eigenvalue weighted by atomic mass is 35.5. The van der Waals surface area contributed by atoms with Crippen molar-refractivity contribution in [3.8, 4) is 0 Å². The van der Waals surface area contributed by atoms with E-state index < -0.39 is 0 Å². The minimum atomic E-state index is 0.521. The van der Waals surface area contributed by atoms with Crippen LogP contribution in [0.1, 0.15) is 18.4 Å². The fourth-order valence-corrected chi connectivity index (χ4v) is 3.35. The summed E-state index contributed by atoms with van der Waals surface area (Å²) in [4.78, 5) is 0. The van der Waals surface area contributed by atoms with Crippen LogP contribution in [-0.2, 0) is 6.42 Å². The van der Waals surface area contributed by atoms with E-state index in [0.29, 0.717) is 11.1 Å². The maximum atomic E-state index is 6.38. The van der Waals surface area contributed by atoms with Crippen LogP contribution in [0.4, 0.5) is 0 Å². The summed E-state index contributed by atoms with van der Waals surface area (Å²) in [5.74, 6) is 0. The Morgan fingerprint density at radius 3 is 2.74 bits per heavy atom. The molecule has 0 radical (unpaired) electrons. The largest absolute Gasteiger partial charge is 0.464 e. The summed E-state index contributed by atoms with van der Waals surface area (Å²) in [5.41, 5.74) is 2.86. The molecule has 1 atom stereocenters. The van der Waals surface area contributed by atoms with Crippen molar-refractivity contribution in [1.82, 2.24) is 5.32 Å². The zero-order valence-electron chi connectivity index (χ0n) is 10.4. The van der Waals surface area contributed by atoms with Gasteiger partial charge in [-0.05, 0) is 37.9 Å². The Labute approximate surface area is 115 Å². The highest BCUT2D eigenvalue weighted by Gasteiger charge is 2.22. The van der Waals surface area contributed by atoms with Gasteiger partial charge in [0.15, 0.2) is 5.58 Å². The van der Waals surface area contributed by atoms with E-state index in [9.17, 15) is 0 Å². The van der Waals surface area contributed by atoms with Crippen LogP contribution in [0.3, 0.4) is 0 Å². The van der Waals surface area contributed by atoms with Crippen molar-refractivity contribution in [2.45, 2.75) is 25.3 Å². The molecule has 0 saturated carbocycles. The van der Waals surface area contributed by atoms with E-state index in [1.165, 1.54) is 18.4 Å². The van der Waals surface area contributed by atoms with E-state index in [2.05, 4.69) is 5.32 Å². The molecule has 4 heteroatoms. The Balaban J connectivity index is 1.95. The number of rotatable bonds is 2. The molecule has 1 unspecified atom stereocenters. The molecule has 1 aromatic carbocycles. The van der Waals surface area contributed by atoms with Crippen LogP contribution in [0.2, 0.25) is 5.02 Å². The molecule has 0 aliphatic carbocycles. The summed E-state index contributed by atoms with van der Waals surface area (Å²) < 4.78 is 11.2. The second kappa shape index (κ2) is 4.29. The smallest absolute Gasteiger partial charge is 0.153 e. The third-order valence-corrected chi connectivity index (χ3v) is 4.35. The second-order valence-electron chi connectivity index (χ2n) is 5.12. The first-order chi connectivity index (χ1) is 9.34. The molecular weight excluding hydrogens is 262 g/mol. The van der Waals surface area contributed by atoms with Gasteiger partial charge < -0.3 is 14.2 Å². The fourth-order valence-electron chi connectivity index (χ4n) is 3.06. The van der Waals surface area contributed by atoms with E-state index in [4.69, 9.17) is 20.4 Å². The van der Waals surface area contributed by atoms with Gasteiger partial charge in [0.25, 0.3) is 0 Å². The average molecular weight is 276 g/mol. The Morgan fingerprint density at radius 2 is 1.95 bits per heavy atom. The molecule has 3 heterocycles. The van der Waals surface area contributed by atoms with Gasteiger partial charge in [0.05, 0.1) is 17.5 Å². The minimum Gasteiger partial charge on any atom is -0.464 e. The number of fused-ring (bicyclic) bond motifs is 2. The van der Waals surface area contributed by atoms with Crippen molar-refractivity contribution >= 4 is 33.5 Å². The molecule has 3 aromatic rings. The van der Waals surface area contributed by atoms with E-state index in [1.807, 2.05) is 12.1 Å². The number of hydrogen-bond donors (Lipinski definition) is 1. The maximum absolute atomic E-state index is 6.38. The van der Waals surface area contributed by atoms with Crippen LogP contribution >= 0.6 is 11.6 Å². The van der Waals surface area contributed by atoms with Crippen LogP contribution in [-0.4, -0.2) is 12.6 Å². The van der Waals surface area contributed by atoms with Gasteiger partial charge in [-0.15, -0.1) is 0 Å². The highest BCUT2D eigenvalue weighted by Crippen LogP contribution is 2.38. The van der Waals surface area contributed by atoms with Crippen LogP contribution in [0, 0.1) is 0 Å². The Hall–Kier alpha value is -1.45. The molecule has 0 amide bonds. The van der Waals surface area contributed by atoms with Crippen LogP contribution in [0.15, 0.2) is 33.5 Å². The Bertz CT molecular complexity index is 685. The first-order valence-corrected chi connectivity index (χ1v) is 7.00. The molecule has 3 nitrogen and oxygen atoms in total. The van der Waals surface area contributed by atoms with Crippen LogP contribution < -0.4 is 5.32 Å². The zero-order chi connectivity index (χ0) is 12.8. The molecule has 1 saturated heterocycles. The topological polar surface area (TPSA) is 38.3 Å². The molecule has 0 spiro atoms. The summed E-state index contributed by atoms with van der Waals surface area (Å²) in [7, 11) is 0. The lowest BCUT2D eigenvalue weighted by Crippen LogP contribution is -2.23. The van der Waals surface area contributed by atoms with E-state index in [0.717, 1.165) is 34.9 Å². The third-order valence-electron chi connectivity index (χ3n) is 3.98. The van der Waals surface area contributed by atoms with Gasteiger partial charge in [0, 0.05) is 22.4 Å². The van der Waals surface area contributed by atoms with Gasteiger partial charge in [-0.3, -0.25) is 0 Å². The molecule has 2 aromatic heterocycles. The van der Waals surface area contributed by atoms with Gasteiger partial charge in [-0.1, -0.05) is 11.6 Å². The normalized spacial score (nSPS) is 19.7. The highest BCUT2D eigenvalue weighted by molar-refractivity contribution is 6.40. The predicted octanol–water partition coefficient (Wildman–Crippen LogP) is 4.13. The van der Waals surface area contributed by atoms with E-state index in [-0.39, 0.29) is 0 Å². The molecule has 1 N–H and O–H groups in total. The monoisotopic (exact) mass is 275 g/mol. The lowest BCUT2D eigenvalue weighted by molar-refractivity contribution is 0.582. The van der Waals surface area contributed by atoms with Crippen molar-refractivity contribution in [3.05, 3.63) is 35.2 Å². The summed E-state index contributed by atoms with van der Waals surface area (Å²) in [6, 6.07) is 4.41. The number of benzene rings is 1. The minimum absolute atomic E-state index is 0.521. The molecule has 19 heavy (non-hydrogen) atoms. The Morgan fingerprint density at radius 1 is 1.16 bits per heavy atom. The SMILES string of the molecule is Clc1c2ccoc2c(CC2CCCN2)c2ccoc12. The van der Waals surface area contributed by atoms with Gasteiger partial charge in [0.2, 0.25) is 0 Å². The molecular formula is C15H14ClNO2. The molecule has 4 rings (SSSR count). The fraction of sp³-hybridized carbons (Fsp3) is 0.333. The molecule has 1 fully saturated rings. The second-order valence-corrected chi connectivity index (χ2v) is 5.49. The summed E-state index contributed by atoms with van der Waals surface area (Å²) >= 11 is 6.38. The van der Waals surface area contributed by atoms with Crippen molar-refractivity contribution < 1.29 is 8.83 Å². The summed E-state index contributed by atoms with van der Waals surface area (Å²) in [5, 5.41) is 6.19. The first kappa shape index (κ1) is 11.4. The summed E-state index contributed by atoms with van der Waals surface area (Å²) in [6.07, 6.45) is 6.80. The molecule has 1 aliphatic rings. The first-order valence-electron chi connectivity index (χ1n) is 6.62. The van der Waals surface area contributed by atoms with Crippen LogP contribution in [0.25, 0.3) is 21.9 Å². The van der Waals surface area contributed by atoms with E-state index >= 15 is 0 Å². The average Bonchev–Trinajstić information content (AvgIpc) is 3.13. The number of halogens is 1. The standard InChI is InChI=1S/C15H14ClNO2/c16-13-11-4-7-18-14(11)12(8-9-2-1-5-17-9)10-3-6-19-15(10)13/h3-4,6-7,9,17H,1-2,5,8H2. The quantitative estimate of drug-likeness (QED) is 0.764. The van der Waals surface area contributed by atoms with Crippen molar-refractivity contribution in [2.24, 2.45) is 0 Å². The van der Waals surface area contributed by atoms with Gasteiger partial charge >= 0.3 is 0 Å². The number of furan rings is 2. The molecule has 0 bridgehead atoms. The van der Waals surface area contributed by atoms with Crippen molar-refractivity contribution in [3.63, 3.8) is 0 Å². The van der Waals surface area contributed by atoms with Crippen molar-refractivity contribution in [1.29, 1.82) is 0 Å². The predicted molar refractivity (Wildman–Crippen MR) is 75.7 cm³/mol. The summed E-state index contributed by atoms with van der Waals surface area (Å²) in [6.45, 7) is 1.11. The maximum Gasteiger partial charge on any atom is 0.153 e. The van der Waals surface area contributed by atoms with Gasteiger partial charge in [-0.2, -0.15) is 0 Å². The number of hydrogen-bond acceptors (Lipinski definition) is 3. The van der Waals surface area contributed by atoms with Gasteiger partial charge in [-0.25, -0.2) is 0 Å². The van der Waals surface area contributed by atoms with E-state index in [1.54, 1.807) is 12.5 Å². The molecule has 98 valence electrons. The zero-order valence-corrected chi connectivity index (χ0v) is 11.2. The third kappa shape index (κ3) is 1.69.